The molecule has 0 saturated heterocycles. The van der Waals surface area contributed by atoms with E-state index in [1.165, 1.54) is 4.90 Å². The van der Waals surface area contributed by atoms with Gasteiger partial charge < -0.3 is 4.74 Å². The number of halogens is 2. The molecule has 1 aromatic carbocycles. The van der Waals surface area contributed by atoms with Gasteiger partial charge in [-0.2, -0.15) is 0 Å². The molecule has 0 aliphatic rings. The van der Waals surface area contributed by atoms with E-state index in [2.05, 4.69) is 0 Å². The lowest BCUT2D eigenvalue weighted by Crippen LogP contribution is -2.32. The zero-order valence-corrected chi connectivity index (χ0v) is 10.6. The van der Waals surface area contributed by atoms with Crippen molar-refractivity contribution in [3.63, 3.8) is 0 Å². The summed E-state index contributed by atoms with van der Waals surface area (Å²) in [6.07, 6.45) is -0.662. The molecule has 16 heavy (non-hydrogen) atoms. The van der Waals surface area contributed by atoms with Gasteiger partial charge in [0.1, 0.15) is 6.00 Å². The van der Waals surface area contributed by atoms with E-state index < -0.39 is 6.09 Å². The number of hydrogen-bond acceptors (Lipinski definition) is 2. The molecule has 0 N–H and O–H groups in total. The van der Waals surface area contributed by atoms with Crippen molar-refractivity contribution in [1.29, 1.82) is 0 Å². The van der Waals surface area contributed by atoms with Crippen LogP contribution in [0.1, 0.15) is 13.8 Å². The Labute approximate surface area is 105 Å². The summed E-state index contributed by atoms with van der Waals surface area (Å²) in [6, 6.07) is 6.90. The average molecular weight is 262 g/mol. The number of ether oxygens (including phenoxy) is 1. The summed E-state index contributed by atoms with van der Waals surface area (Å²) < 4.78 is 5.06. The maximum atomic E-state index is 11.7. The van der Waals surface area contributed by atoms with E-state index in [1.807, 2.05) is 0 Å². The number of nitrogens with zero attached hydrogens (tertiary/aromatic N) is 1. The van der Waals surface area contributed by atoms with Gasteiger partial charge in [0.05, 0.1) is 6.10 Å². The molecule has 0 aromatic heterocycles. The minimum Gasteiger partial charge on any atom is -0.446 e. The van der Waals surface area contributed by atoms with E-state index in [4.69, 9.17) is 27.9 Å². The Morgan fingerprint density at radius 2 is 2.19 bits per heavy atom. The molecule has 0 aliphatic heterocycles. The van der Waals surface area contributed by atoms with E-state index in [0.29, 0.717) is 10.7 Å². The molecule has 0 radical (unpaired) electrons. The van der Waals surface area contributed by atoms with Gasteiger partial charge in [0.2, 0.25) is 0 Å². The third kappa shape index (κ3) is 3.58. The molecular weight excluding hydrogens is 249 g/mol. The molecule has 0 saturated carbocycles. The third-order valence-electron chi connectivity index (χ3n) is 1.80. The number of carbonyl (C=O) groups excluding carboxylic acids is 1. The summed E-state index contributed by atoms with van der Waals surface area (Å²) in [4.78, 5) is 13.0. The number of benzene rings is 1. The minimum absolute atomic E-state index is 0.0197. The van der Waals surface area contributed by atoms with Gasteiger partial charge >= 0.3 is 6.09 Å². The Balaban J connectivity index is 2.85. The van der Waals surface area contributed by atoms with E-state index in [9.17, 15) is 4.79 Å². The van der Waals surface area contributed by atoms with Crippen molar-refractivity contribution in [2.24, 2.45) is 0 Å². The van der Waals surface area contributed by atoms with Crippen molar-refractivity contribution in [3.05, 3.63) is 29.3 Å². The summed E-state index contributed by atoms with van der Waals surface area (Å²) in [5.74, 6) is 0. The zero-order valence-electron chi connectivity index (χ0n) is 9.11. The van der Waals surface area contributed by atoms with Crippen LogP contribution in [0, 0.1) is 0 Å². The van der Waals surface area contributed by atoms with Crippen molar-refractivity contribution >= 4 is 35.0 Å². The van der Waals surface area contributed by atoms with E-state index in [0.717, 1.165) is 0 Å². The molecule has 1 aromatic rings. The fourth-order valence-corrected chi connectivity index (χ4v) is 1.55. The largest absolute Gasteiger partial charge is 0.446 e. The van der Waals surface area contributed by atoms with Crippen LogP contribution in [0.5, 0.6) is 0 Å². The average Bonchev–Trinajstić information content (AvgIpc) is 2.17. The highest BCUT2D eigenvalue weighted by Crippen LogP contribution is 2.20. The molecular formula is C11H13Cl2NO2. The molecule has 3 nitrogen and oxygen atoms in total. The summed E-state index contributed by atoms with van der Waals surface area (Å²) in [7, 11) is 0. The maximum Gasteiger partial charge on any atom is 0.415 e. The fourth-order valence-electron chi connectivity index (χ4n) is 1.13. The number of carbonyl (C=O) groups is 1. The van der Waals surface area contributed by atoms with Crippen molar-refractivity contribution in [1.82, 2.24) is 0 Å². The molecule has 0 bridgehead atoms. The highest BCUT2D eigenvalue weighted by molar-refractivity contribution is 6.31. The smallest absolute Gasteiger partial charge is 0.415 e. The summed E-state index contributed by atoms with van der Waals surface area (Å²) >= 11 is 11.5. The second-order valence-electron chi connectivity index (χ2n) is 3.46. The second-order valence-corrected chi connectivity index (χ2v) is 4.14. The number of rotatable bonds is 3. The van der Waals surface area contributed by atoms with Crippen LogP contribution < -0.4 is 4.90 Å². The lowest BCUT2D eigenvalue weighted by atomic mass is 10.3. The van der Waals surface area contributed by atoms with Gasteiger partial charge in [-0.3, -0.25) is 4.90 Å². The predicted octanol–water partition coefficient (Wildman–Crippen LogP) is 3.89. The Kier molecular flexibility index (Phi) is 4.90. The van der Waals surface area contributed by atoms with Gasteiger partial charge in [-0.25, -0.2) is 4.79 Å². The van der Waals surface area contributed by atoms with Crippen LogP contribution in [-0.4, -0.2) is 18.2 Å². The molecule has 0 fully saturated rings. The summed E-state index contributed by atoms with van der Waals surface area (Å²) in [6.45, 7) is 3.56. The fraction of sp³-hybridized carbons (Fsp3) is 0.364. The molecule has 1 amide bonds. The highest BCUT2D eigenvalue weighted by atomic mass is 35.5. The molecule has 0 aliphatic carbocycles. The topological polar surface area (TPSA) is 29.5 Å². The highest BCUT2D eigenvalue weighted by Gasteiger charge is 2.17. The van der Waals surface area contributed by atoms with Crippen molar-refractivity contribution in [2.45, 2.75) is 20.0 Å². The van der Waals surface area contributed by atoms with Crippen LogP contribution >= 0.6 is 23.2 Å². The molecule has 1 rings (SSSR count). The Morgan fingerprint density at radius 1 is 1.50 bits per heavy atom. The molecule has 0 spiro atoms. The van der Waals surface area contributed by atoms with Gasteiger partial charge in [0.15, 0.2) is 0 Å². The minimum atomic E-state index is -0.479. The number of hydrogen-bond donors (Lipinski definition) is 0. The molecule has 0 unspecified atom stereocenters. The third-order valence-corrected chi connectivity index (χ3v) is 2.27. The van der Waals surface area contributed by atoms with Crippen LogP contribution in [-0.2, 0) is 4.74 Å². The lowest BCUT2D eigenvalue weighted by molar-refractivity contribution is 0.123. The molecule has 5 heteroatoms. The van der Waals surface area contributed by atoms with E-state index in [1.54, 1.807) is 38.1 Å². The van der Waals surface area contributed by atoms with E-state index in [-0.39, 0.29) is 12.1 Å². The van der Waals surface area contributed by atoms with Crippen LogP contribution in [0.15, 0.2) is 24.3 Å². The molecule has 0 heterocycles. The van der Waals surface area contributed by atoms with Crippen LogP contribution in [0.4, 0.5) is 10.5 Å². The van der Waals surface area contributed by atoms with Gasteiger partial charge in [-0.1, -0.05) is 17.7 Å². The normalized spacial score (nSPS) is 10.3. The number of anilines is 1. The number of alkyl halides is 1. The molecule has 88 valence electrons. The monoisotopic (exact) mass is 261 g/mol. The quantitative estimate of drug-likeness (QED) is 0.611. The lowest BCUT2D eigenvalue weighted by Gasteiger charge is -2.20. The zero-order chi connectivity index (χ0) is 12.1. The van der Waals surface area contributed by atoms with Gasteiger partial charge in [0.25, 0.3) is 0 Å². The SMILES string of the molecule is CC(C)OC(=O)N(CCl)c1cccc(Cl)c1. The van der Waals surface area contributed by atoms with Gasteiger partial charge in [-0.05, 0) is 32.0 Å². The Morgan fingerprint density at radius 3 is 2.69 bits per heavy atom. The first-order chi connectivity index (χ1) is 7.54. The Hall–Kier alpha value is -0.930. The van der Waals surface area contributed by atoms with Crippen molar-refractivity contribution in [2.75, 3.05) is 10.9 Å². The first-order valence-electron chi connectivity index (χ1n) is 4.84. The maximum absolute atomic E-state index is 11.7. The number of amides is 1. The molecule has 0 atom stereocenters. The van der Waals surface area contributed by atoms with Gasteiger partial charge in [0, 0.05) is 10.7 Å². The van der Waals surface area contributed by atoms with Crippen molar-refractivity contribution in [3.8, 4) is 0 Å². The van der Waals surface area contributed by atoms with Gasteiger partial charge in [-0.15, -0.1) is 11.6 Å². The Bertz CT molecular complexity index is 369. The van der Waals surface area contributed by atoms with Crippen LogP contribution in [0.25, 0.3) is 0 Å². The van der Waals surface area contributed by atoms with E-state index >= 15 is 0 Å². The summed E-state index contributed by atoms with van der Waals surface area (Å²) in [5, 5.41) is 0.546. The second kappa shape index (κ2) is 5.97. The predicted molar refractivity (Wildman–Crippen MR) is 66.3 cm³/mol. The van der Waals surface area contributed by atoms with Crippen molar-refractivity contribution < 1.29 is 9.53 Å². The van der Waals surface area contributed by atoms with Crippen LogP contribution in [0.2, 0.25) is 5.02 Å². The standard InChI is InChI=1S/C11H13Cl2NO2/c1-8(2)16-11(15)14(7-12)10-5-3-4-9(13)6-10/h3-6,8H,7H2,1-2H3. The first-order valence-corrected chi connectivity index (χ1v) is 5.75. The summed E-state index contributed by atoms with van der Waals surface area (Å²) in [5.41, 5.74) is 0.619. The first kappa shape index (κ1) is 13.1. The van der Waals surface area contributed by atoms with Crippen LogP contribution in [0.3, 0.4) is 0 Å².